The second-order valence-electron chi connectivity index (χ2n) is 5.54. The van der Waals surface area contributed by atoms with Crippen LogP contribution in [0.25, 0.3) is 10.9 Å². The predicted octanol–water partition coefficient (Wildman–Crippen LogP) is 6.29. The number of hydrogen-bond donors (Lipinski definition) is 1. The lowest BCUT2D eigenvalue weighted by Gasteiger charge is -2.15. The Morgan fingerprint density at radius 3 is 2.04 bits per heavy atom. The zero-order chi connectivity index (χ0) is 20.0. The van der Waals surface area contributed by atoms with Crippen molar-refractivity contribution < 1.29 is 35.1 Å². The first-order chi connectivity index (χ1) is 12.4. The third-order valence-corrected chi connectivity index (χ3v) is 3.63. The van der Waals surface area contributed by atoms with Gasteiger partial charge in [-0.2, -0.15) is 26.3 Å². The molecule has 0 unspecified atom stereocenters. The van der Waals surface area contributed by atoms with E-state index < -0.39 is 40.8 Å². The molecule has 1 N–H and O–H groups in total. The number of rotatable bonds is 2. The van der Waals surface area contributed by atoms with Gasteiger partial charge in [0.2, 0.25) is 0 Å². The van der Waals surface area contributed by atoms with Gasteiger partial charge in [-0.25, -0.2) is 13.8 Å². The Bertz CT molecular complexity index is 1000. The maximum atomic E-state index is 13.3. The van der Waals surface area contributed by atoms with Crippen molar-refractivity contribution in [3.8, 4) is 0 Å². The molecule has 0 fully saturated rings. The minimum absolute atomic E-state index is 0.0549. The molecule has 3 rings (SSSR count). The van der Waals surface area contributed by atoms with E-state index >= 15 is 0 Å². The van der Waals surface area contributed by atoms with E-state index in [1.807, 2.05) is 0 Å². The maximum Gasteiger partial charge on any atom is 0.433 e. The molecular formula is C17H8F8N2. The van der Waals surface area contributed by atoms with Gasteiger partial charge in [0.1, 0.15) is 5.69 Å². The fourth-order valence-electron chi connectivity index (χ4n) is 2.38. The fourth-order valence-corrected chi connectivity index (χ4v) is 2.38. The number of benzene rings is 2. The molecule has 2 nitrogen and oxygen atoms in total. The Morgan fingerprint density at radius 1 is 0.741 bits per heavy atom. The second-order valence-corrected chi connectivity index (χ2v) is 5.54. The number of halogens is 8. The summed E-state index contributed by atoms with van der Waals surface area (Å²) >= 11 is 0. The van der Waals surface area contributed by atoms with Crippen LogP contribution in [0.4, 0.5) is 46.5 Å². The molecule has 0 atom stereocenters. The number of pyridine rings is 1. The van der Waals surface area contributed by atoms with Crippen LogP contribution in [0.1, 0.15) is 11.3 Å². The molecule has 3 aromatic rings. The van der Waals surface area contributed by atoms with E-state index in [2.05, 4.69) is 10.3 Å². The lowest BCUT2D eigenvalue weighted by molar-refractivity contribution is -0.140. The van der Waals surface area contributed by atoms with Crippen LogP contribution in [-0.2, 0) is 12.4 Å². The van der Waals surface area contributed by atoms with E-state index in [9.17, 15) is 35.1 Å². The molecule has 0 bridgehead atoms. The third-order valence-electron chi connectivity index (χ3n) is 3.63. The average molecular weight is 392 g/mol. The first-order valence-corrected chi connectivity index (χ1v) is 7.26. The molecule has 1 heterocycles. The smallest absolute Gasteiger partial charge is 0.355 e. The Labute approximate surface area is 146 Å². The zero-order valence-corrected chi connectivity index (χ0v) is 13.0. The molecule has 0 aliphatic carbocycles. The average Bonchev–Trinajstić information content (AvgIpc) is 2.56. The van der Waals surface area contributed by atoms with Crippen molar-refractivity contribution in [3.63, 3.8) is 0 Å². The third kappa shape index (κ3) is 3.93. The van der Waals surface area contributed by atoms with Crippen molar-refractivity contribution in [1.82, 2.24) is 4.98 Å². The largest absolute Gasteiger partial charge is 0.433 e. The van der Waals surface area contributed by atoms with Gasteiger partial charge < -0.3 is 5.32 Å². The minimum atomic E-state index is -4.92. The summed E-state index contributed by atoms with van der Waals surface area (Å²) in [5, 5.41) is 2.40. The van der Waals surface area contributed by atoms with Crippen LogP contribution < -0.4 is 5.32 Å². The quantitative estimate of drug-likeness (QED) is 0.518. The molecule has 0 amide bonds. The lowest BCUT2D eigenvalue weighted by atomic mass is 10.1. The molecule has 0 radical (unpaired) electrons. The van der Waals surface area contributed by atoms with E-state index in [0.29, 0.717) is 24.3 Å². The number of nitrogens with one attached hydrogen (secondary N) is 1. The molecule has 142 valence electrons. The minimum Gasteiger partial charge on any atom is -0.355 e. The highest BCUT2D eigenvalue weighted by molar-refractivity contribution is 5.93. The molecule has 0 saturated carbocycles. The van der Waals surface area contributed by atoms with Gasteiger partial charge in [0.25, 0.3) is 0 Å². The Morgan fingerprint density at radius 2 is 1.44 bits per heavy atom. The zero-order valence-electron chi connectivity index (χ0n) is 13.0. The number of nitrogens with zero attached hydrogens (tertiary/aromatic N) is 1. The van der Waals surface area contributed by atoms with Crippen LogP contribution in [0.15, 0.2) is 42.5 Å². The number of aromatic nitrogens is 1. The van der Waals surface area contributed by atoms with Gasteiger partial charge >= 0.3 is 12.4 Å². The Hall–Kier alpha value is -2.91. The van der Waals surface area contributed by atoms with Crippen LogP contribution in [0.5, 0.6) is 0 Å². The summed E-state index contributed by atoms with van der Waals surface area (Å²) < 4.78 is 104. The van der Waals surface area contributed by atoms with Crippen molar-refractivity contribution in [3.05, 3.63) is 65.4 Å². The van der Waals surface area contributed by atoms with Crippen LogP contribution in [-0.4, -0.2) is 4.98 Å². The maximum absolute atomic E-state index is 13.3. The van der Waals surface area contributed by atoms with Crippen LogP contribution in [0, 0.1) is 11.6 Å². The molecule has 2 aromatic carbocycles. The molecule has 0 aliphatic rings. The van der Waals surface area contributed by atoms with Crippen LogP contribution in [0.3, 0.4) is 0 Å². The van der Waals surface area contributed by atoms with E-state index in [0.717, 1.165) is 18.2 Å². The number of hydrogen-bond acceptors (Lipinski definition) is 2. The van der Waals surface area contributed by atoms with Crippen LogP contribution >= 0.6 is 0 Å². The van der Waals surface area contributed by atoms with Crippen molar-refractivity contribution in [1.29, 1.82) is 0 Å². The van der Waals surface area contributed by atoms with E-state index in [1.165, 1.54) is 0 Å². The fraction of sp³-hybridized carbons (Fsp3) is 0.118. The number of fused-ring (bicyclic) bond motifs is 1. The summed E-state index contributed by atoms with van der Waals surface area (Å²) in [4.78, 5) is 3.26. The molecule has 0 spiro atoms. The van der Waals surface area contributed by atoms with Crippen LogP contribution in [0.2, 0.25) is 0 Å². The first kappa shape index (κ1) is 18.9. The standard InChI is InChI=1S/C17H8F8N2/c18-11-4-2-9(6-12(11)19)26-14-7-15(17(23,24)25)27-13-5-8(16(20,21)22)1-3-10(13)14/h1-7H,(H,26,27). The molecule has 27 heavy (non-hydrogen) atoms. The summed E-state index contributed by atoms with van der Waals surface area (Å²) in [5.41, 5.74) is -3.49. The summed E-state index contributed by atoms with van der Waals surface area (Å²) in [6.07, 6.45) is -9.69. The molecular weight excluding hydrogens is 384 g/mol. The first-order valence-electron chi connectivity index (χ1n) is 7.26. The highest BCUT2D eigenvalue weighted by atomic mass is 19.4. The Balaban J connectivity index is 2.18. The monoisotopic (exact) mass is 392 g/mol. The summed E-state index contributed by atoms with van der Waals surface area (Å²) in [6, 6.07) is 5.24. The van der Waals surface area contributed by atoms with Gasteiger partial charge in [-0.3, -0.25) is 0 Å². The van der Waals surface area contributed by atoms with Gasteiger partial charge in [-0.1, -0.05) is 6.07 Å². The lowest BCUT2D eigenvalue weighted by Crippen LogP contribution is -2.10. The van der Waals surface area contributed by atoms with E-state index in [4.69, 9.17) is 0 Å². The van der Waals surface area contributed by atoms with Gasteiger partial charge in [-0.15, -0.1) is 0 Å². The van der Waals surface area contributed by atoms with Gasteiger partial charge in [-0.05, 0) is 30.3 Å². The highest BCUT2D eigenvalue weighted by Gasteiger charge is 2.35. The van der Waals surface area contributed by atoms with Crippen molar-refractivity contribution in [2.45, 2.75) is 12.4 Å². The topological polar surface area (TPSA) is 24.9 Å². The van der Waals surface area contributed by atoms with Gasteiger partial charge in [0, 0.05) is 17.1 Å². The van der Waals surface area contributed by atoms with E-state index in [-0.39, 0.29) is 16.8 Å². The molecule has 10 heteroatoms. The highest BCUT2D eigenvalue weighted by Crippen LogP contribution is 2.37. The van der Waals surface area contributed by atoms with E-state index in [1.54, 1.807) is 0 Å². The molecule has 0 aliphatic heterocycles. The second kappa shape index (κ2) is 6.36. The number of alkyl halides is 6. The van der Waals surface area contributed by atoms with Crippen molar-refractivity contribution in [2.24, 2.45) is 0 Å². The summed E-state index contributed by atoms with van der Waals surface area (Å²) in [7, 11) is 0. The normalized spacial score (nSPS) is 12.4. The molecule has 1 aromatic heterocycles. The Kier molecular flexibility index (Phi) is 4.44. The summed E-state index contributed by atoms with van der Waals surface area (Å²) in [6.45, 7) is 0. The summed E-state index contributed by atoms with van der Waals surface area (Å²) in [5.74, 6) is -2.40. The SMILES string of the molecule is Fc1ccc(Nc2cc(C(F)(F)F)nc3cc(C(F)(F)F)ccc23)cc1F. The van der Waals surface area contributed by atoms with Gasteiger partial charge in [0.05, 0.1) is 16.8 Å². The number of anilines is 2. The predicted molar refractivity (Wildman–Crippen MR) is 81.4 cm³/mol. The molecule has 0 saturated heterocycles. The van der Waals surface area contributed by atoms with Crippen molar-refractivity contribution in [2.75, 3.05) is 5.32 Å². The van der Waals surface area contributed by atoms with Gasteiger partial charge in [0.15, 0.2) is 11.6 Å². The van der Waals surface area contributed by atoms with Crippen molar-refractivity contribution >= 4 is 22.3 Å².